The molecule has 17 heavy (non-hydrogen) atoms. The Morgan fingerprint density at radius 1 is 1.24 bits per heavy atom. The lowest BCUT2D eigenvalue weighted by molar-refractivity contribution is 0.255. The second kappa shape index (κ2) is 5.70. The average molecular weight is 343 g/mol. The molecule has 2 heteroatoms. The molecule has 1 fully saturated rings. The lowest BCUT2D eigenvalue weighted by atomic mass is 9.77. The highest BCUT2D eigenvalue weighted by atomic mass is 127. The third-order valence-electron chi connectivity index (χ3n) is 4.15. The molecule has 1 atom stereocenters. The number of benzene rings is 1. The molecule has 0 heterocycles. The Morgan fingerprint density at radius 3 is 2.53 bits per heavy atom. The maximum Gasteiger partial charge on any atom is 0.0334 e. The highest BCUT2D eigenvalue weighted by molar-refractivity contribution is 14.1. The minimum Gasteiger partial charge on any atom is -0.324 e. The van der Waals surface area contributed by atoms with Crippen LogP contribution in [0, 0.1) is 22.3 Å². The van der Waals surface area contributed by atoms with E-state index in [0.29, 0.717) is 5.92 Å². The zero-order chi connectivity index (χ0) is 12.4. The van der Waals surface area contributed by atoms with Crippen LogP contribution < -0.4 is 5.73 Å². The topological polar surface area (TPSA) is 26.0 Å². The van der Waals surface area contributed by atoms with E-state index in [1.165, 1.54) is 40.4 Å². The summed E-state index contributed by atoms with van der Waals surface area (Å²) in [4.78, 5) is 0. The molecule has 0 spiro atoms. The summed E-state index contributed by atoms with van der Waals surface area (Å²) in [5.74, 6) is 1.58. The Kier molecular flexibility index (Phi) is 4.47. The molecule has 0 aromatic heterocycles. The van der Waals surface area contributed by atoms with Crippen LogP contribution in [-0.4, -0.2) is 0 Å². The summed E-state index contributed by atoms with van der Waals surface area (Å²) in [6, 6.07) is 6.74. The highest BCUT2D eigenvalue weighted by Crippen LogP contribution is 2.37. The quantitative estimate of drug-likeness (QED) is 0.790. The van der Waals surface area contributed by atoms with Gasteiger partial charge in [0.05, 0.1) is 0 Å². The predicted octanol–water partition coefficient (Wildman–Crippen LogP) is 4.43. The fourth-order valence-corrected chi connectivity index (χ4v) is 3.55. The van der Waals surface area contributed by atoms with E-state index in [2.05, 4.69) is 54.6 Å². The van der Waals surface area contributed by atoms with Gasteiger partial charge < -0.3 is 5.73 Å². The van der Waals surface area contributed by atoms with Crippen LogP contribution in [0.15, 0.2) is 18.2 Å². The van der Waals surface area contributed by atoms with E-state index in [0.717, 1.165) is 5.92 Å². The van der Waals surface area contributed by atoms with Crippen LogP contribution in [-0.2, 0) is 0 Å². The molecular weight excluding hydrogens is 321 g/mol. The molecule has 2 N–H and O–H groups in total. The molecule has 94 valence electrons. The van der Waals surface area contributed by atoms with Gasteiger partial charge in [-0.05, 0) is 65.3 Å². The van der Waals surface area contributed by atoms with Gasteiger partial charge in [0.1, 0.15) is 0 Å². The summed E-state index contributed by atoms with van der Waals surface area (Å²) in [5.41, 5.74) is 9.18. The Labute approximate surface area is 118 Å². The standard InChI is InChI=1S/C15H22IN/c1-10-6-8-12(9-7-10)15(17)13-5-3-4-11(2)14(13)16/h3-5,10,12,15H,6-9,17H2,1-2H3. The van der Waals surface area contributed by atoms with Crippen LogP contribution in [0.5, 0.6) is 0 Å². The van der Waals surface area contributed by atoms with Gasteiger partial charge in [-0.3, -0.25) is 0 Å². The first-order chi connectivity index (χ1) is 8.09. The fraction of sp³-hybridized carbons (Fsp3) is 0.600. The minimum absolute atomic E-state index is 0.231. The van der Waals surface area contributed by atoms with E-state index >= 15 is 0 Å². The lowest BCUT2D eigenvalue weighted by Crippen LogP contribution is -2.26. The molecule has 1 aromatic carbocycles. The van der Waals surface area contributed by atoms with Crippen LogP contribution in [0.25, 0.3) is 0 Å². The normalized spacial score (nSPS) is 26.8. The molecule has 1 aliphatic rings. The number of aryl methyl sites for hydroxylation is 1. The van der Waals surface area contributed by atoms with Crippen molar-refractivity contribution < 1.29 is 0 Å². The van der Waals surface area contributed by atoms with Gasteiger partial charge in [0, 0.05) is 9.61 Å². The molecule has 2 rings (SSSR count). The molecule has 0 bridgehead atoms. The molecule has 1 saturated carbocycles. The third kappa shape index (κ3) is 3.02. The van der Waals surface area contributed by atoms with E-state index in [1.807, 2.05) is 0 Å². The van der Waals surface area contributed by atoms with Crippen molar-refractivity contribution in [2.24, 2.45) is 17.6 Å². The number of rotatable bonds is 2. The summed E-state index contributed by atoms with van der Waals surface area (Å²) in [6.45, 7) is 4.53. The van der Waals surface area contributed by atoms with Crippen molar-refractivity contribution in [3.63, 3.8) is 0 Å². The third-order valence-corrected chi connectivity index (χ3v) is 5.62. The zero-order valence-corrected chi connectivity index (χ0v) is 12.9. The molecule has 1 nitrogen and oxygen atoms in total. The summed E-state index contributed by atoms with van der Waals surface area (Å²) < 4.78 is 1.36. The monoisotopic (exact) mass is 343 g/mol. The Bertz CT molecular complexity index is 381. The first-order valence-electron chi connectivity index (χ1n) is 6.60. The van der Waals surface area contributed by atoms with Crippen LogP contribution in [0.3, 0.4) is 0 Å². The van der Waals surface area contributed by atoms with E-state index in [-0.39, 0.29) is 6.04 Å². The maximum atomic E-state index is 6.48. The van der Waals surface area contributed by atoms with Crippen molar-refractivity contribution in [1.29, 1.82) is 0 Å². The molecule has 0 saturated heterocycles. The van der Waals surface area contributed by atoms with Crippen molar-refractivity contribution in [3.8, 4) is 0 Å². The maximum absolute atomic E-state index is 6.48. The highest BCUT2D eigenvalue weighted by Gasteiger charge is 2.25. The van der Waals surface area contributed by atoms with Crippen molar-refractivity contribution in [1.82, 2.24) is 0 Å². The second-order valence-corrected chi connectivity index (χ2v) is 6.60. The number of hydrogen-bond acceptors (Lipinski definition) is 1. The van der Waals surface area contributed by atoms with Gasteiger partial charge >= 0.3 is 0 Å². The molecule has 0 aliphatic heterocycles. The largest absolute Gasteiger partial charge is 0.324 e. The van der Waals surface area contributed by atoms with E-state index in [9.17, 15) is 0 Å². The SMILES string of the molecule is Cc1cccc(C(N)C2CCC(C)CC2)c1I. The number of nitrogens with two attached hydrogens (primary N) is 1. The van der Waals surface area contributed by atoms with Gasteiger partial charge in [0.25, 0.3) is 0 Å². The molecular formula is C15H22IN. The van der Waals surface area contributed by atoms with Crippen molar-refractivity contribution >= 4 is 22.6 Å². The van der Waals surface area contributed by atoms with Crippen LogP contribution in [0.1, 0.15) is 49.8 Å². The van der Waals surface area contributed by atoms with Crippen LogP contribution in [0.4, 0.5) is 0 Å². The molecule has 1 aromatic rings. The first-order valence-corrected chi connectivity index (χ1v) is 7.68. The molecule has 0 radical (unpaired) electrons. The minimum atomic E-state index is 0.231. The summed E-state index contributed by atoms with van der Waals surface area (Å²) in [6.07, 6.45) is 5.29. The first kappa shape index (κ1) is 13.3. The van der Waals surface area contributed by atoms with Gasteiger partial charge in [-0.25, -0.2) is 0 Å². The number of halogens is 1. The second-order valence-electron chi connectivity index (χ2n) is 5.52. The van der Waals surface area contributed by atoms with Gasteiger partial charge in [-0.1, -0.05) is 38.0 Å². The van der Waals surface area contributed by atoms with Gasteiger partial charge in [-0.2, -0.15) is 0 Å². The predicted molar refractivity (Wildman–Crippen MR) is 81.9 cm³/mol. The van der Waals surface area contributed by atoms with Crippen LogP contribution in [0.2, 0.25) is 0 Å². The van der Waals surface area contributed by atoms with E-state index in [4.69, 9.17) is 5.73 Å². The zero-order valence-electron chi connectivity index (χ0n) is 10.7. The molecule has 1 unspecified atom stereocenters. The number of hydrogen-bond donors (Lipinski definition) is 1. The fourth-order valence-electron chi connectivity index (χ4n) is 2.83. The Morgan fingerprint density at radius 2 is 1.88 bits per heavy atom. The van der Waals surface area contributed by atoms with Gasteiger partial charge in [-0.15, -0.1) is 0 Å². The Hall–Kier alpha value is -0.0900. The van der Waals surface area contributed by atoms with Crippen LogP contribution >= 0.6 is 22.6 Å². The van der Waals surface area contributed by atoms with Gasteiger partial charge in [0.2, 0.25) is 0 Å². The summed E-state index contributed by atoms with van der Waals surface area (Å²) >= 11 is 2.44. The molecule has 1 aliphatic carbocycles. The van der Waals surface area contributed by atoms with E-state index in [1.54, 1.807) is 0 Å². The van der Waals surface area contributed by atoms with Crippen molar-refractivity contribution in [3.05, 3.63) is 32.9 Å². The van der Waals surface area contributed by atoms with Crippen molar-refractivity contribution in [2.75, 3.05) is 0 Å². The lowest BCUT2D eigenvalue weighted by Gasteiger charge is -2.31. The summed E-state index contributed by atoms with van der Waals surface area (Å²) in [7, 11) is 0. The molecule has 0 amide bonds. The van der Waals surface area contributed by atoms with E-state index < -0.39 is 0 Å². The van der Waals surface area contributed by atoms with Crippen molar-refractivity contribution in [2.45, 2.75) is 45.6 Å². The average Bonchev–Trinajstić information content (AvgIpc) is 2.33. The Balaban J connectivity index is 2.14. The smallest absolute Gasteiger partial charge is 0.0334 e. The van der Waals surface area contributed by atoms with Gasteiger partial charge in [0.15, 0.2) is 0 Å². The summed E-state index contributed by atoms with van der Waals surface area (Å²) in [5, 5.41) is 0.